The molecular formula is C30H31NO6. The van der Waals surface area contributed by atoms with Gasteiger partial charge in [-0.25, -0.2) is 0 Å². The lowest BCUT2D eigenvalue weighted by atomic mass is 9.95. The molecule has 1 aliphatic rings. The fourth-order valence-corrected chi connectivity index (χ4v) is 4.31. The lowest BCUT2D eigenvalue weighted by Crippen LogP contribution is -2.29. The third-order valence-corrected chi connectivity index (χ3v) is 6.16. The lowest BCUT2D eigenvalue weighted by molar-refractivity contribution is -0.140. The van der Waals surface area contributed by atoms with Crippen LogP contribution in [0.25, 0.3) is 5.76 Å². The Balaban J connectivity index is 1.75. The van der Waals surface area contributed by atoms with Crippen LogP contribution in [0.5, 0.6) is 17.2 Å². The molecule has 1 aliphatic heterocycles. The number of hydrogen-bond donors (Lipinski definition) is 1. The smallest absolute Gasteiger partial charge is 0.295 e. The summed E-state index contributed by atoms with van der Waals surface area (Å²) < 4.78 is 16.4. The molecule has 3 aromatic carbocycles. The van der Waals surface area contributed by atoms with Crippen LogP contribution >= 0.6 is 0 Å². The number of carbonyl (C=O) groups excluding carboxylic acids is 2. The minimum atomic E-state index is -0.770. The van der Waals surface area contributed by atoms with Crippen molar-refractivity contribution >= 4 is 17.4 Å². The van der Waals surface area contributed by atoms with Crippen molar-refractivity contribution < 1.29 is 28.9 Å². The maximum absolute atomic E-state index is 13.3. The fraction of sp³-hybridized carbons (Fsp3) is 0.267. The summed E-state index contributed by atoms with van der Waals surface area (Å²) >= 11 is 0. The van der Waals surface area contributed by atoms with Crippen LogP contribution in [0.15, 0.2) is 78.4 Å². The Hall–Kier alpha value is -4.26. The molecule has 0 saturated carbocycles. The molecule has 0 aromatic heterocycles. The number of ketones is 1. The second kappa shape index (κ2) is 11.6. The molecule has 4 rings (SSSR count). The van der Waals surface area contributed by atoms with Gasteiger partial charge < -0.3 is 24.2 Å². The highest BCUT2D eigenvalue weighted by molar-refractivity contribution is 6.46. The van der Waals surface area contributed by atoms with E-state index >= 15 is 0 Å². The third-order valence-electron chi connectivity index (χ3n) is 6.16. The molecule has 1 fully saturated rings. The fourth-order valence-electron chi connectivity index (χ4n) is 4.31. The monoisotopic (exact) mass is 501 g/mol. The summed E-state index contributed by atoms with van der Waals surface area (Å²) in [6.07, 6.45) is 0.876. The van der Waals surface area contributed by atoms with Crippen molar-refractivity contribution in [1.82, 2.24) is 4.90 Å². The van der Waals surface area contributed by atoms with Crippen LogP contribution in [-0.4, -0.2) is 42.0 Å². The number of nitrogens with zero attached hydrogens (tertiary/aromatic N) is 1. The number of methoxy groups -OCH3 is 1. The summed E-state index contributed by atoms with van der Waals surface area (Å²) in [5, 5.41) is 11.3. The number of carbonyl (C=O) groups is 2. The number of Topliss-reactive ketones (excluding diaryl/α,β-unsaturated/α-hetero) is 1. The molecular weight excluding hydrogens is 470 g/mol. The quantitative estimate of drug-likeness (QED) is 0.224. The molecule has 0 aliphatic carbocycles. The SMILES string of the molecule is CCCOc1ccc(/C(O)=C2/C(=O)C(=O)N(Cc3ccc(OC)cc3)C2c2ccc(OCC)cc2)cc1. The Morgan fingerprint density at radius 1 is 0.838 bits per heavy atom. The first kappa shape index (κ1) is 25.8. The maximum Gasteiger partial charge on any atom is 0.295 e. The first-order valence-electron chi connectivity index (χ1n) is 12.3. The summed E-state index contributed by atoms with van der Waals surface area (Å²) in [6, 6.07) is 20.6. The van der Waals surface area contributed by atoms with E-state index in [-0.39, 0.29) is 17.9 Å². The molecule has 0 bridgehead atoms. The summed E-state index contributed by atoms with van der Waals surface area (Å²) in [4.78, 5) is 28.1. The molecule has 192 valence electrons. The van der Waals surface area contributed by atoms with E-state index in [1.807, 2.05) is 38.1 Å². The van der Waals surface area contributed by atoms with Crippen LogP contribution in [0.2, 0.25) is 0 Å². The van der Waals surface area contributed by atoms with E-state index in [2.05, 4.69) is 0 Å². The van der Waals surface area contributed by atoms with Gasteiger partial charge in [-0.1, -0.05) is 31.2 Å². The minimum Gasteiger partial charge on any atom is -0.507 e. The Morgan fingerprint density at radius 3 is 2.03 bits per heavy atom. The average Bonchev–Trinajstić information content (AvgIpc) is 3.17. The maximum atomic E-state index is 13.3. The van der Waals surface area contributed by atoms with Gasteiger partial charge in [0.25, 0.3) is 11.7 Å². The van der Waals surface area contributed by atoms with Gasteiger partial charge >= 0.3 is 0 Å². The first-order valence-corrected chi connectivity index (χ1v) is 12.3. The minimum absolute atomic E-state index is 0.0462. The van der Waals surface area contributed by atoms with Crippen molar-refractivity contribution in [3.63, 3.8) is 0 Å². The molecule has 1 amide bonds. The normalized spacial score (nSPS) is 16.6. The summed E-state index contributed by atoms with van der Waals surface area (Å²) in [7, 11) is 1.59. The molecule has 7 heteroatoms. The Kier molecular flexibility index (Phi) is 8.13. The largest absolute Gasteiger partial charge is 0.507 e. The molecule has 37 heavy (non-hydrogen) atoms. The topological polar surface area (TPSA) is 85.3 Å². The zero-order valence-electron chi connectivity index (χ0n) is 21.3. The second-order valence-electron chi connectivity index (χ2n) is 8.65. The van der Waals surface area contributed by atoms with Crippen molar-refractivity contribution in [1.29, 1.82) is 0 Å². The summed E-state index contributed by atoms with van der Waals surface area (Å²) in [5.41, 5.74) is 2.00. The predicted octanol–water partition coefficient (Wildman–Crippen LogP) is 5.50. The number of aliphatic hydroxyl groups excluding tert-OH is 1. The van der Waals surface area contributed by atoms with Crippen molar-refractivity contribution in [3.8, 4) is 17.2 Å². The number of amides is 1. The van der Waals surface area contributed by atoms with Crippen molar-refractivity contribution in [2.75, 3.05) is 20.3 Å². The van der Waals surface area contributed by atoms with E-state index in [4.69, 9.17) is 14.2 Å². The highest BCUT2D eigenvalue weighted by Gasteiger charge is 2.46. The average molecular weight is 502 g/mol. The molecule has 7 nitrogen and oxygen atoms in total. The highest BCUT2D eigenvalue weighted by Crippen LogP contribution is 2.41. The number of rotatable bonds is 10. The van der Waals surface area contributed by atoms with Crippen LogP contribution in [0.1, 0.15) is 43.0 Å². The van der Waals surface area contributed by atoms with Crippen LogP contribution in [0, 0.1) is 0 Å². The van der Waals surface area contributed by atoms with Crippen molar-refractivity contribution in [2.24, 2.45) is 0 Å². The standard InChI is InChI=1S/C30H31NO6/c1-4-18-37-25-16-10-22(11-17-25)28(32)26-27(21-8-14-24(15-9-21)36-5-2)31(30(34)29(26)33)19-20-6-12-23(35-3)13-7-20/h6-17,27,32H,4-5,18-19H2,1-3H3/b28-26-. The molecule has 1 heterocycles. The summed E-state index contributed by atoms with van der Waals surface area (Å²) in [5.74, 6) is 0.425. The predicted molar refractivity (Wildman–Crippen MR) is 141 cm³/mol. The highest BCUT2D eigenvalue weighted by atomic mass is 16.5. The number of hydrogen-bond acceptors (Lipinski definition) is 6. The zero-order chi connectivity index (χ0) is 26.4. The number of ether oxygens (including phenoxy) is 3. The van der Waals surface area contributed by atoms with Crippen LogP contribution in [0.3, 0.4) is 0 Å². The number of benzene rings is 3. The van der Waals surface area contributed by atoms with Crippen molar-refractivity contribution in [2.45, 2.75) is 32.9 Å². The Morgan fingerprint density at radius 2 is 1.43 bits per heavy atom. The zero-order valence-corrected chi connectivity index (χ0v) is 21.3. The Labute approximate surface area is 216 Å². The van der Waals surface area contributed by atoms with Gasteiger partial charge in [-0.05, 0) is 73.0 Å². The van der Waals surface area contributed by atoms with Crippen molar-refractivity contribution in [3.05, 3.63) is 95.1 Å². The number of aliphatic hydroxyl groups is 1. The van der Waals surface area contributed by atoms with Gasteiger partial charge in [0, 0.05) is 12.1 Å². The van der Waals surface area contributed by atoms with E-state index in [0.717, 1.165) is 12.0 Å². The lowest BCUT2D eigenvalue weighted by Gasteiger charge is -2.25. The van der Waals surface area contributed by atoms with E-state index < -0.39 is 17.7 Å². The molecule has 1 unspecified atom stereocenters. The second-order valence-corrected chi connectivity index (χ2v) is 8.65. The van der Waals surface area contributed by atoms with Gasteiger partial charge in [0.05, 0.1) is 31.9 Å². The van der Waals surface area contributed by atoms with E-state index in [9.17, 15) is 14.7 Å². The van der Waals surface area contributed by atoms with Gasteiger partial charge in [-0.3, -0.25) is 9.59 Å². The van der Waals surface area contributed by atoms with Crippen LogP contribution in [-0.2, 0) is 16.1 Å². The van der Waals surface area contributed by atoms with Gasteiger partial charge in [0.2, 0.25) is 0 Å². The van der Waals surface area contributed by atoms with E-state index in [0.29, 0.717) is 41.6 Å². The van der Waals surface area contributed by atoms with Crippen LogP contribution < -0.4 is 14.2 Å². The molecule has 0 spiro atoms. The van der Waals surface area contributed by atoms with E-state index in [1.54, 1.807) is 55.6 Å². The summed E-state index contributed by atoms with van der Waals surface area (Å²) in [6.45, 7) is 5.21. The molecule has 1 saturated heterocycles. The first-order chi connectivity index (χ1) is 18.0. The molecule has 0 radical (unpaired) electrons. The number of likely N-dealkylation sites (tertiary alicyclic amines) is 1. The third kappa shape index (κ3) is 5.61. The van der Waals surface area contributed by atoms with E-state index in [1.165, 1.54) is 4.90 Å². The Bertz CT molecular complexity index is 1260. The van der Waals surface area contributed by atoms with Gasteiger partial charge in [0.15, 0.2) is 0 Å². The molecule has 1 N–H and O–H groups in total. The van der Waals surface area contributed by atoms with Gasteiger partial charge in [-0.15, -0.1) is 0 Å². The molecule has 1 atom stereocenters. The van der Waals surface area contributed by atoms with Gasteiger partial charge in [0.1, 0.15) is 23.0 Å². The van der Waals surface area contributed by atoms with Crippen LogP contribution in [0.4, 0.5) is 0 Å². The molecule has 3 aromatic rings. The van der Waals surface area contributed by atoms with Gasteiger partial charge in [-0.2, -0.15) is 0 Å².